The molecule has 0 aliphatic carbocycles. The first-order valence-electron chi connectivity index (χ1n) is 12.4. The monoisotopic (exact) mass is 655 g/mol. The largest absolute Gasteiger partial charge is 0.464 e. The number of hydrogen-bond acceptors (Lipinski definition) is 10. The van der Waals surface area contributed by atoms with Gasteiger partial charge >= 0.3 is 23.9 Å². The molecule has 11 heteroatoms. The molecule has 10 nitrogen and oxygen atoms in total. The van der Waals surface area contributed by atoms with Crippen molar-refractivity contribution < 1.29 is 43.0 Å². The molecule has 220 valence electrons. The molecule has 0 amide bonds. The van der Waals surface area contributed by atoms with Crippen molar-refractivity contribution in [3.63, 3.8) is 0 Å². The lowest BCUT2D eigenvalue weighted by molar-refractivity contribution is -0.190. The smallest absolute Gasteiger partial charge is 0.312 e. The Hall–Kier alpha value is -1.92. The number of hydrogen-bond donors (Lipinski definition) is 0. The second-order valence-corrected chi connectivity index (χ2v) is 14.8. The lowest BCUT2D eigenvalue weighted by Crippen LogP contribution is -2.53. The van der Waals surface area contributed by atoms with Crippen LogP contribution >= 0.6 is 22.6 Å². The summed E-state index contributed by atoms with van der Waals surface area (Å²) < 4.78 is 22.3. The molecular formula is C27H46INO9. The van der Waals surface area contributed by atoms with E-state index in [1.165, 1.54) is 13.3 Å². The maximum Gasteiger partial charge on any atom is 0.312 e. The van der Waals surface area contributed by atoms with Gasteiger partial charge in [0.1, 0.15) is 13.7 Å². The normalized spacial score (nSPS) is 16.2. The topological polar surface area (TPSA) is 127 Å². The second-order valence-electron chi connectivity index (χ2n) is 13.2. The summed E-state index contributed by atoms with van der Waals surface area (Å²) in [5.41, 5.74) is -3.51. The first-order valence-corrected chi connectivity index (χ1v) is 13.7. The third-order valence-electron chi connectivity index (χ3n) is 4.87. The second kappa shape index (κ2) is 13.9. The Morgan fingerprint density at radius 1 is 0.658 bits per heavy atom. The van der Waals surface area contributed by atoms with E-state index in [0.717, 1.165) is 0 Å². The van der Waals surface area contributed by atoms with E-state index < -0.39 is 67.8 Å². The standard InChI is InChI=1S/C27H46INO9/c1-24(2,3)20(30)35-15-16(28)18(37-22(32)26(7,8)9)19(38-23(33)27(10,11)12)17(14-29-34-13)36-21(31)25(4,5)6/h14,16-19H,15H2,1-13H3/b29-14+/t16-,17+,18+,19+/m0/s1. The molecule has 0 saturated carbocycles. The zero-order valence-corrected chi connectivity index (χ0v) is 27.3. The van der Waals surface area contributed by atoms with E-state index in [4.69, 9.17) is 23.8 Å². The minimum atomic E-state index is -1.34. The predicted octanol–water partition coefficient (Wildman–Crippen LogP) is 4.89. The van der Waals surface area contributed by atoms with E-state index in [1.54, 1.807) is 83.1 Å². The van der Waals surface area contributed by atoms with E-state index in [1.807, 2.05) is 22.6 Å². The van der Waals surface area contributed by atoms with Crippen LogP contribution in [0.4, 0.5) is 0 Å². The number of alkyl halides is 1. The zero-order chi connectivity index (χ0) is 30.3. The van der Waals surface area contributed by atoms with Gasteiger partial charge in [-0.1, -0.05) is 27.7 Å². The van der Waals surface area contributed by atoms with Crippen LogP contribution in [-0.2, 0) is 43.0 Å². The Bertz CT molecular complexity index is 858. The van der Waals surface area contributed by atoms with Crippen LogP contribution in [-0.4, -0.2) is 66.0 Å². The molecule has 0 fully saturated rings. The number of halogens is 1. The summed E-state index contributed by atoms with van der Waals surface area (Å²) in [4.78, 5) is 56.3. The molecule has 0 heterocycles. The van der Waals surface area contributed by atoms with Gasteiger partial charge in [0.05, 0.1) is 31.8 Å². The van der Waals surface area contributed by atoms with E-state index in [-0.39, 0.29) is 6.61 Å². The summed E-state index contributed by atoms with van der Waals surface area (Å²) in [6.45, 7) is 20.0. The van der Waals surface area contributed by atoms with Crippen LogP contribution in [0.25, 0.3) is 0 Å². The Labute approximate surface area is 241 Å². The highest BCUT2D eigenvalue weighted by Gasteiger charge is 2.45. The minimum absolute atomic E-state index is 0.163. The summed E-state index contributed by atoms with van der Waals surface area (Å²) in [5.74, 6) is -2.28. The lowest BCUT2D eigenvalue weighted by Gasteiger charge is -2.36. The van der Waals surface area contributed by atoms with Gasteiger partial charge in [-0.2, -0.15) is 0 Å². The number of carbonyl (C=O) groups excluding carboxylic acids is 4. The van der Waals surface area contributed by atoms with E-state index in [0.29, 0.717) is 0 Å². The highest BCUT2D eigenvalue weighted by molar-refractivity contribution is 14.1. The van der Waals surface area contributed by atoms with Crippen LogP contribution in [0.5, 0.6) is 0 Å². The molecule has 0 aliphatic rings. The molecular weight excluding hydrogens is 609 g/mol. The van der Waals surface area contributed by atoms with E-state index in [9.17, 15) is 19.2 Å². The SMILES string of the molecule is CO/N=C/[C@@H](OC(=O)C(C)(C)C)[C@@H](OC(=O)C(C)(C)C)[C@H](OC(=O)C(C)(C)C)[C@@H](I)COC(=O)C(C)(C)C. The van der Waals surface area contributed by atoms with Crippen molar-refractivity contribution in [2.75, 3.05) is 13.7 Å². The quantitative estimate of drug-likeness (QED) is 0.0808. The molecule has 0 spiro atoms. The lowest BCUT2D eigenvalue weighted by atomic mass is 9.95. The zero-order valence-electron chi connectivity index (χ0n) is 25.1. The summed E-state index contributed by atoms with van der Waals surface area (Å²) in [5, 5.41) is 3.75. The third kappa shape index (κ3) is 12.3. The first kappa shape index (κ1) is 36.1. The fraction of sp³-hybridized carbons (Fsp3) is 0.815. The van der Waals surface area contributed by atoms with Gasteiger partial charge in [-0.05, 0) is 83.1 Å². The van der Waals surface area contributed by atoms with Crippen molar-refractivity contribution >= 4 is 52.7 Å². The van der Waals surface area contributed by atoms with Gasteiger partial charge in [-0.15, -0.1) is 0 Å². The summed E-state index contributed by atoms with van der Waals surface area (Å²) in [6, 6.07) is 0. The van der Waals surface area contributed by atoms with Crippen LogP contribution in [0.1, 0.15) is 83.1 Å². The Morgan fingerprint density at radius 2 is 1.03 bits per heavy atom. The van der Waals surface area contributed by atoms with Crippen LogP contribution in [0, 0.1) is 21.7 Å². The summed E-state index contributed by atoms with van der Waals surface area (Å²) >= 11 is 1.97. The Morgan fingerprint density at radius 3 is 1.39 bits per heavy atom. The van der Waals surface area contributed by atoms with Gasteiger partial charge in [0.2, 0.25) is 0 Å². The van der Waals surface area contributed by atoms with Crippen molar-refractivity contribution in [1.29, 1.82) is 0 Å². The van der Waals surface area contributed by atoms with Gasteiger partial charge < -0.3 is 23.8 Å². The predicted molar refractivity (Wildman–Crippen MR) is 152 cm³/mol. The van der Waals surface area contributed by atoms with Gasteiger partial charge in [-0.25, -0.2) is 0 Å². The Kier molecular flexibility index (Phi) is 13.2. The fourth-order valence-corrected chi connectivity index (χ4v) is 3.07. The molecule has 0 aromatic rings. The maximum atomic E-state index is 13.1. The van der Waals surface area contributed by atoms with Crippen LogP contribution in [0.15, 0.2) is 5.16 Å². The molecule has 0 aromatic heterocycles. The average molecular weight is 656 g/mol. The maximum absolute atomic E-state index is 13.1. The molecule has 0 aromatic carbocycles. The molecule has 0 bridgehead atoms. The van der Waals surface area contributed by atoms with Gasteiger partial charge in [0.15, 0.2) is 18.3 Å². The van der Waals surface area contributed by atoms with Crippen LogP contribution in [0.3, 0.4) is 0 Å². The molecule has 0 unspecified atom stereocenters. The molecule has 38 heavy (non-hydrogen) atoms. The van der Waals surface area contributed by atoms with Crippen molar-refractivity contribution in [1.82, 2.24) is 0 Å². The molecule has 4 atom stereocenters. The molecule has 0 N–H and O–H groups in total. The number of ether oxygens (including phenoxy) is 4. The molecule has 0 radical (unpaired) electrons. The number of nitrogens with zero attached hydrogens (tertiary/aromatic N) is 1. The molecule has 0 rings (SSSR count). The number of carbonyl (C=O) groups is 4. The first-order chi connectivity index (χ1) is 16.9. The van der Waals surface area contributed by atoms with Crippen LogP contribution in [0.2, 0.25) is 0 Å². The van der Waals surface area contributed by atoms with Crippen molar-refractivity contribution in [3.05, 3.63) is 0 Å². The Balaban J connectivity index is 6.76. The molecule has 0 aliphatic heterocycles. The van der Waals surface area contributed by atoms with Crippen molar-refractivity contribution in [2.45, 2.75) is 105 Å². The minimum Gasteiger partial charge on any atom is -0.464 e. The van der Waals surface area contributed by atoms with Crippen LogP contribution < -0.4 is 0 Å². The summed E-state index contributed by atoms with van der Waals surface area (Å²) in [7, 11) is 1.31. The van der Waals surface area contributed by atoms with Gasteiger partial charge in [0, 0.05) is 0 Å². The van der Waals surface area contributed by atoms with Crippen molar-refractivity contribution in [3.8, 4) is 0 Å². The average Bonchev–Trinajstić information content (AvgIpc) is 2.73. The van der Waals surface area contributed by atoms with E-state index >= 15 is 0 Å². The number of oxime groups is 1. The highest BCUT2D eigenvalue weighted by Crippen LogP contribution is 2.29. The fourth-order valence-electron chi connectivity index (χ4n) is 2.34. The summed E-state index contributed by atoms with van der Waals surface area (Å²) in [6.07, 6.45) is -2.65. The van der Waals surface area contributed by atoms with E-state index in [2.05, 4.69) is 5.16 Å². The highest BCUT2D eigenvalue weighted by atomic mass is 127. The van der Waals surface area contributed by atoms with Crippen molar-refractivity contribution in [2.24, 2.45) is 26.8 Å². The van der Waals surface area contributed by atoms with Gasteiger partial charge in [0.25, 0.3) is 0 Å². The number of rotatable bonds is 10. The number of esters is 4. The third-order valence-corrected chi connectivity index (χ3v) is 5.94. The molecule has 0 saturated heterocycles. The van der Waals surface area contributed by atoms with Gasteiger partial charge in [-0.3, -0.25) is 19.2 Å².